The Hall–Kier alpha value is -4.92. The number of aromatic hydroxyl groups is 4. The summed E-state index contributed by atoms with van der Waals surface area (Å²) in [6.07, 6.45) is 0. The minimum Gasteiger partial charge on any atom is -0.506 e. The highest BCUT2D eigenvalue weighted by Gasteiger charge is 2.50. The van der Waals surface area contributed by atoms with Crippen LogP contribution in [0.2, 0.25) is 0 Å². The van der Waals surface area contributed by atoms with Crippen molar-refractivity contribution in [1.82, 2.24) is 0 Å². The molecule has 0 amide bonds. The fourth-order valence-electron chi connectivity index (χ4n) is 4.61. The molecule has 0 aliphatic carbocycles. The zero-order chi connectivity index (χ0) is 24.4. The van der Waals surface area contributed by atoms with E-state index in [0.29, 0.717) is 11.1 Å². The molecule has 1 heterocycles. The fraction of sp³-hybridized carbons (Fsp3) is 0.0400. The van der Waals surface area contributed by atoms with Crippen molar-refractivity contribution >= 4 is 22.7 Å². The molecule has 4 aromatic rings. The van der Waals surface area contributed by atoms with Crippen molar-refractivity contribution < 1.29 is 25.2 Å². The quantitative estimate of drug-likeness (QED) is 0.145. The zero-order valence-electron chi connectivity index (χ0n) is 17.8. The van der Waals surface area contributed by atoms with Crippen molar-refractivity contribution in [3.63, 3.8) is 0 Å². The lowest BCUT2D eigenvalue weighted by Gasteiger charge is -2.42. The van der Waals surface area contributed by atoms with Crippen LogP contribution in [-0.2, 0) is 5.41 Å². The van der Waals surface area contributed by atoms with E-state index in [9.17, 15) is 20.4 Å². The van der Waals surface area contributed by atoms with E-state index in [1.165, 1.54) is 36.4 Å². The Morgan fingerprint density at radius 2 is 0.912 bits per heavy atom. The second kappa shape index (κ2) is 7.04. The van der Waals surface area contributed by atoms with E-state index in [4.69, 9.17) is 27.7 Å². The van der Waals surface area contributed by atoms with Crippen LogP contribution in [0.1, 0.15) is 22.3 Å². The van der Waals surface area contributed by atoms with Crippen LogP contribution in [0.4, 0.5) is 22.7 Å². The molecule has 9 heteroatoms. The molecule has 0 fully saturated rings. The Morgan fingerprint density at radius 3 is 1.29 bits per heavy atom. The number of rotatable bonds is 2. The molecule has 0 atom stereocenters. The van der Waals surface area contributed by atoms with Crippen LogP contribution in [0.15, 0.2) is 60.7 Å². The first-order valence-electron chi connectivity index (χ1n) is 10.3. The molecule has 9 nitrogen and oxygen atoms in total. The van der Waals surface area contributed by atoms with Crippen LogP contribution in [0.25, 0.3) is 0 Å². The smallest absolute Gasteiger partial charge is 0.146 e. The van der Waals surface area contributed by atoms with E-state index in [0.717, 1.165) is 0 Å². The van der Waals surface area contributed by atoms with Gasteiger partial charge in [0, 0.05) is 0 Å². The van der Waals surface area contributed by atoms with Gasteiger partial charge in [0.15, 0.2) is 0 Å². The number of ether oxygens (including phenoxy) is 1. The molecule has 1 aliphatic heterocycles. The third kappa shape index (κ3) is 2.67. The summed E-state index contributed by atoms with van der Waals surface area (Å²) in [4.78, 5) is 0. The maximum absolute atomic E-state index is 11.2. The van der Waals surface area contributed by atoms with Crippen LogP contribution in [0, 0.1) is 0 Å². The minimum atomic E-state index is -1.56. The number of phenols is 4. The summed E-state index contributed by atoms with van der Waals surface area (Å²) in [6.45, 7) is 0. The number of fused-ring (bicyclic) bond motifs is 2. The van der Waals surface area contributed by atoms with Crippen molar-refractivity contribution in [3.8, 4) is 34.5 Å². The van der Waals surface area contributed by atoms with Gasteiger partial charge in [-0.15, -0.1) is 0 Å². The van der Waals surface area contributed by atoms with Gasteiger partial charge in [-0.25, -0.2) is 0 Å². The number of benzene rings is 4. The molecule has 0 aromatic heterocycles. The number of phenolic OH excluding ortho intramolecular Hbond substituents is 4. The average Bonchev–Trinajstić information content (AvgIpc) is 2.81. The summed E-state index contributed by atoms with van der Waals surface area (Å²) < 4.78 is 6.05. The maximum atomic E-state index is 11.2. The molecule has 12 N–H and O–H groups in total. The van der Waals surface area contributed by atoms with Gasteiger partial charge in [0.1, 0.15) is 34.5 Å². The van der Waals surface area contributed by atoms with Gasteiger partial charge in [-0.1, -0.05) is 12.1 Å². The van der Waals surface area contributed by atoms with Gasteiger partial charge in [-0.3, -0.25) is 0 Å². The molecule has 0 saturated carbocycles. The second-order valence-electron chi connectivity index (χ2n) is 8.15. The second-order valence-corrected chi connectivity index (χ2v) is 8.15. The zero-order valence-corrected chi connectivity index (χ0v) is 17.8. The topological polar surface area (TPSA) is 194 Å². The number of nitrogens with two attached hydrogens (primary N) is 4. The molecule has 0 spiro atoms. The van der Waals surface area contributed by atoms with Crippen LogP contribution in [0.5, 0.6) is 34.5 Å². The van der Waals surface area contributed by atoms with Crippen LogP contribution in [0.3, 0.4) is 0 Å². The van der Waals surface area contributed by atoms with Gasteiger partial charge in [0.05, 0.1) is 39.3 Å². The van der Waals surface area contributed by atoms with E-state index in [-0.39, 0.29) is 68.4 Å². The van der Waals surface area contributed by atoms with E-state index in [1.54, 1.807) is 24.3 Å². The van der Waals surface area contributed by atoms with Crippen molar-refractivity contribution in [3.05, 3.63) is 82.9 Å². The molecule has 1 aliphatic rings. The molecular formula is C25H22N4O5. The first kappa shape index (κ1) is 21.0. The number of hydrogen-bond acceptors (Lipinski definition) is 9. The van der Waals surface area contributed by atoms with E-state index < -0.39 is 5.41 Å². The van der Waals surface area contributed by atoms with Crippen LogP contribution in [-0.4, -0.2) is 20.4 Å². The Balaban J connectivity index is 2.07. The van der Waals surface area contributed by atoms with Crippen LogP contribution < -0.4 is 27.7 Å². The largest absolute Gasteiger partial charge is 0.506 e. The van der Waals surface area contributed by atoms with Crippen molar-refractivity contribution in [2.75, 3.05) is 22.9 Å². The van der Waals surface area contributed by atoms with Crippen LogP contribution >= 0.6 is 0 Å². The van der Waals surface area contributed by atoms with Gasteiger partial charge >= 0.3 is 0 Å². The van der Waals surface area contributed by atoms with E-state index in [1.807, 2.05) is 0 Å². The SMILES string of the molecule is Nc1ccc(C2(c3ccc(N)c(O)c3)c3c(ccc(N)c3O)Oc3ccc(N)c(O)c32)cc1O. The molecule has 0 unspecified atom stereocenters. The summed E-state index contributed by atoms with van der Waals surface area (Å²) in [7, 11) is 0. The highest BCUT2D eigenvalue weighted by Crippen LogP contribution is 2.62. The third-order valence-electron chi connectivity index (χ3n) is 6.24. The standard InChI is InChI=1S/C25H22N4O5/c26-13-3-1-11(9-17(13)30)25(12-2-4-14(27)18(31)10-12)21-19(7-5-15(28)23(21)32)34-20-8-6-16(29)24(33)22(20)25/h1-10,30-33H,26-29H2. The fourth-order valence-corrected chi connectivity index (χ4v) is 4.61. The summed E-state index contributed by atoms with van der Waals surface area (Å²) in [5, 5.41) is 43.6. The highest BCUT2D eigenvalue weighted by molar-refractivity contribution is 5.81. The summed E-state index contributed by atoms with van der Waals surface area (Å²) >= 11 is 0. The van der Waals surface area contributed by atoms with Gasteiger partial charge in [-0.2, -0.15) is 0 Å². The summed E-state index contributed by atoms with van der Waals surface area (Å²) in [5.41, 5.74) is 23.8. The summed E-state index contributed by atoms with van der Waals surface area (Å²) in [6, 6.07) is 15.2. The molecule has 172 valence electrons. The molecule has 4 aromatic carbocycles. The number of nitrogen functional groups attached to an aromatic ring is 4. The maximum Gasteiger partial charge on any atom is 0.146 e. The van der Waals surface area contributed by atoms with Crippen molar-refractivity contribution in [1.29, 1.82) is 0 Å². The number of hydrogen-bond donors (Lipinski definition) is 8. The Bertz CT molecular complexity index is 1370. The predicted octanol–water partition coefficient (Wildman–Crippen LogP) is 3.33. The van der Waals surface area contributed by atoms with Gasteiger partial charge in [-0.05, 0) is 59.7 Å². The molecule has 0 bridgehead atoms. The third-order valence-corrected chi connectivity index (χ3v) is 6.24. The van der Waals surface area contributed by atoms with Gasteiger partial charge < -0.3 is 48.1 Å². The summed E-state index contributed by atoms with van der Waals surface area (Å²) in [5.74, 6) is -0.571. The minimum absolute atomic E-state index is 0.0536. The predicted molar refractivity (Wildman–Crippen MR) is 129 cm³/mol. The first-order valence-corrected chi connectivity index (χ1v) is 10.3. The Kier molecular flexibility index (Phi) is 4.34. The lowest BCUT2D eigenvalue weighted by atomic mass is 9.62. The first-order chi connectivity index (χ1) is 16.2. The Morgan fingerprint density at radius 1 is 0.529 bits per heavy atom. The molecular weight excluding hydrogens is 436 g/mol. The van der Waals surface area contributed by atoms with Gasteiger partial charge in [0.2, 0.25) is 0 Å². The molecule has 34 heavy (non-hydrogen) atoms. The van der Waals surface area contributed by atoms with Crippen molar-refractivity contribution in [2.24, 2.45) is 0 Å². The van der Waals surface area contributed by atoms with E-state index >= 15 is 0 Å². The monoisotopic (exact) mass is 458 g/mol. The van der Waals surface area contributed by atoms with Crippen molar-refractivity contribution in [2.45, 2.75) is 5.41 Å². The molecule has 0 radical (unpaired) electrons. The molecule has 5 rings (SSSR count). The lowest BCUT2D eigenvalue weighted by Crippen LogP contribution is -2.35. The van der Waals surface area contributed by atoms with E-state index in [2.05, 4.69) is 0 Å². The number of anilines is 4. The normalized spacial score (nSPS) is 13.5. The van der Waals surface area contributed by atoms with Gasteiger partial charge in [0.25, 0.3) is 0 Å². The Labute approximate surface area is 194 Å². The average molecular weight is 458 g/mol. The molecule has 0 saturated heterocycles. The highest BCUT2D eigenvalue weighted by atomic mass is 16.5. The lowest BCUT2D eigenvalue weighted by molar-refractivity contribution is 0.390.